The van der Waals surface area contributed by atoms with Crippen LogP contribution in [0.5, 0.6) is 11.5 Å². The average Bonchev–Trinajstić information content (AvgIpc) is 3.32. The molecule has 0 saturated carbocycles. The Morgan fingerprint density at radius 3 is 2.42 bits per heavy atom. The number of amides is 1. The summed E-state index contributed by atoms with van der Waals surface area (Å²) < 4.78 is 10.9. The zero-order valence-electron chi connectivity index (χ0n) is 18.7. The lowest BCUT2D eigenvalue weighted by atomic mass is 9.82. The van der Waals surface area contributed by atoms with Crippen LogP contribution in [-0.4, -0.2) is 59.4 Å². The van der Waals surface area contributed by atoms with E-state index in [1.807, 2.05) is 24.3 Å². The van der Waals surface area contributed by atoms with Crippen LogP contribution in [0.1, 0.15) is 19.2 Å². The molecule has 1 fully saturated rings. The first-order valence-corrected chi connectivity index (χ1v) is 10.7. The van der Waals surface area contributed by atoms with Crippen LogP contribution in [0, 0.1) is 0 Å². The number of fused-ring (bicyclic) bond motifs is 1. The van der Waals surface area contributed by atoms with E-state index in [-0.39, 0.29) is 30.6 Å². The fraction of sp³-hybridized carbons (Fsp3) is 0.292. The third-order valence-corrected chi connectivity index (χ3v) is 6.36. The van der Waals surface area contributed by atoms with Crippen molar-refractivity contribution in [2.45, 2.75) is 18.9 Å². The van der Waals surface area contributed by atoms with Crippen molar-refractivity contribution in [1.29, 1.82) is 0 Å². The topological polar surface area (TPSA) is 114 Å². The molecule has 170 valence electrons. The van der Waals surface area contributed by atoms with Gasteiger partial charge in [0.1, 0.15) is 34.3 Å². The van der Waals surface area contributed by atoms with Crippen LogP contribution in [-0.2, 0) is 9.59 Å². The second-order valence-corrected chi connectivity index (χ2v) is 8.23. The molecule has 3 N–H and O–H groups in total. The summed E-state index contributed by atoms with van der Waals surface area (Å²) in [5.41, 5.74) is 8.17. The molecule has 9 nitrogen and oxygen atoms in total. The second kappa shape index (κ2) is 7.54. The molecule has 5 rings (SSSR count). The molecule has 2 aromatic carbocycles. The van der Waals surface area contributed by atoms with Crippen molar-refractivity contribution in [3.8, 4) is 11.5 Å². The Kier molecular flexibility index (Phi) is 4.77. The Morgan fingerprint density at radius 1 is 1.15 bits per heavy atom. The Hall–Kier alpha value is -4.01. The largest absolute Gasteiger partial charge is 0.497 e. The first-order chi connectivity index (χ1) is 15.9. The Balaban J connectivity index is 1.66. The van der Waals surface area contributed by atoms with Gasteiger partial charge in [0.05, 0.1) is 44.0 Å². The van der Waals surface area contributed by atoms with E-state index in [0.29, 0.717) is 35.0 Å². The number of methoxy groups -OCH3 is 2. The van der Waals surface area contributed by atoms with Crippen LogP contribution in [0.4, 0.5) is 5.69 Å². The molecule has 1 spiro atoms. The fourth-order valence-corrected chi connectivity index (χ4v) is 4.67. The fourth-order valence-electron chi connectivity index (χ4n) is 4.67. The van der Waals surface area contributed by atoms with E-state index in [4.69, 9.17) is 15.2 Å². The highest BCUT2D eigenvalue weighted by Gasteiger charge is 2.61. The monoisotopic (exact) mass is 447 g/mol. The Morgan fingerprint density at radius 2 is 1.82 bits per heavy atom. The molecule has 1 amide bonds. The molecule has 0 unspecified atom stereocenters. The van der Waals surface area contributed by atoms with Gasteiger partial charge in [-0.2, -0.15) is 0 Å². The number of ketones is 1. The minimum Gasteiger partial charge on any atom is -0.497 e. The van der Waals surface area contributed by atoms with Gasteiger partial charge < -0.3 is 30.0 Å². The molecule has 0 atom stereocenters. The number of likely N-dealkylation sites (tertiary alicyclic amines) is 1. The Labute approximate surface area is 190 Å². The minimum atomic E-state index is -1.01. The summed E-state index contributed by atoms with van der Waals surface area (Å²) in [7, 11) is 3.13. The molecule has 3 heterocycles. The molecule has 2 aliphatic heterocycles. The number of hydrogen-bond acceptors (Lipinski definition) is 7. The van der Waals surface area contributed by atoms with E-state index in [2.05, 4.69) is 9.97 Å². The number of aromatic nitrogens is 2. The lowest BCUT2D eigenvalue weighted by molar-refractivity contribution is -0.141. The van der Waals surface area contributed by atoms with Gasteiger partial charge in [-0.05, 0) is 12.1 Å². The normalized spacial score (nSPS) is 17.1. The first kappa shape index (κ1) is 20.9. The summed E-state index contributed by atoms with van der Waals surface area (Å²) >= 11 is 0. The number of benzene rings is 2. The second-order valence-electron chi connectivity index (χ2n) is 8.23. The third kappa shape index (κ3) is 3.03. The van der Waals surface area contributed by atoms with E-state index < -0.39 is 5.54 Å². The smallest absolute Gasteiger partial charge is 0.222 e. The number of para-hydroxylation sites is 2. The summed E-state index contributed by atoms with van der Waals surface area (Å²) in [6.45, 7) is 2.28. The number of ether oxygens (including phenoxy) is 2. The number of nitrogens with two attached hydrogens (primary N) is 1. The van der Waals surface area contributed by atoms with Gasteiger partial charge in [-0.3, -0.25) is 9.59 Å². The summed E-state index contributed by atoms with van der Waals surface area (Å²) in [6, 6.07) is 12.9. The highest BCUT2D eigenvalue weighted by Crippen LogP contribution is 2.46. The number of Topliss-reactive ketones (excluding diaryl/α,β-unsaturated/α-hetero) is 1. The van der Waals surface area contributed by atoms with Gasteiger partial charge in [0.25, 0.3) is 0 Å². The van der Waals surface area contributed by atoms with Crippen LogP contribution in [0.3, 0.4) is 0 Å². The van der Waals surface area contributed by atoms with Gasteiger partial charge in [0.15, 0.2) is 5.78 Å². The van der Waals surface area contributed by atoms with E-state index >= 15 is 0 Å². The standard InChI is InChI=1S/C24H25N5O4/c1-4-19(30)28-12-24(13-28)21(31)20(23-26-17-7-5-6-8-18(17)27-23)22(25)29(24)14-9-15(32-2)11-16(10-14)33-3/h5-11H,4,12-13,25H2,1-3H3,(H,26,27). The number of carbonyl (C=O) groups excluding carboxylic acids is 2. The van der Waals surface area contributed by atoms with Gasteiger partial charge in [-0.15, -0.1) is 0 Å². The van der Waals surface area contributed by atoms with E-state index in [1.54, 1.807) is 49.1 Å². The molecular weight excluding hydrogens is 422 g/mol. The predicted molar refractivity (Wildman–Crippen MR) is 124 cm³/mol. The summed E-state index contributed by atoms with van der Waals surface area (Å²) in [5.74, 6) is 1.65. The zero-order chi connectivity index (χ0) is 23.3. The maximum atomic E-state index is 13.9. The molecule has 0 bridgehead atoms. The minimum absolute atomic E-state index is 0.00708. The molecule has 1 saturated heterocycles. The molecule has 2 aliphatic rings. The summed E-state index contributed by atoms with van der Waals surface area (Å²) in [6.07, 6.45) is 0.372. The van der Waals surface area contributed by atoms with Crippen molar-refractivity contribution in [1.82, 2.24) is 14.9 Å². The van der Waals surface area contributed by atoms with Crippen molar-refractivity contribution in [3.63, 3.8) is 0 Å². The van der Waals surface area contributed by atoms with Crippen LogP contribution in [0.25, 0.3) is 16.6 Å². The highest BCUT2D eigenvalue weighted by molar-refractivity contribution is 6.31. The number of aromatic amines is 1. The summed E-state index contributed by atoms with van der Waals surface area (Å²) in [5, 5.41) is 0. The van der Waals surface area contributed by atoms with Gasteiger partial charge in [-0.1, -0.05) is 19.1 Å². The molecule has 0 radical (unpaired) electrons. The number of anilines is 1. The highest BCUT2D eigenvalue weighted by atomic mass is 16.5. The number of nitrogens with one attached hydrogen (secondary N) is 1. The number of hydrogen-bond donors (Lipinski definition) is 2. The summed E-state index contributed by atoms with van der Waals surface area (Å²) in [4.78, 5) is 37.5. The van der Waals surface area contributed by atoms with Gasteiger partial charge >= 0.3 is 0 Å². The van der Waals surface area contributed by atoms with Crippen molar-refractivity contribution in [2.24, 2.45) is 5.73 Å². The van der Waals surface area contributed by atoms with Crippen molar-refractivity contribution < 1.29 is 19.1 Å². The average molecular weight is 447 g/mol. The SMILES string of the molecule is CCC(=O)N1CC2(C1)C(=O)C(c1nc3ccccc3[nH]1)=C(N)N2c1cc(OC)cc(OC)c1. The van der Waals surface area contributed by atoms with Crippen LogP contribution in [0.15, 0.2) is 48.3 Å². The quantitative estimate of drug-likeness (QED) is 0.617. The number of rotatable bonds is 5. The van der Waals surface area contributed by atoms with Crippen molar-refractivity contribution >= 4 is 34.0 Å². The van der Waals surface area contributed by atoms with Crippen molar-refractivity contribution in [2.75, 3.05) is 32.2 Å². The third-order valence-electron chi connectivity index (χ3n) is 6.36. The molecule has 9 heteroatoms. The van der Waals surface area contributed by atoms with Gasteiger partial charge in [0.2, 0.25) is 5.91 Å². The van der Waals surface area contributed by atoms with E-state index in [1.165, 1.54) is 0 Å². The van der Waals surface area contributed by atoms with Crippen LogP contribution >= 0.6 is 0 Å². The lowest BCUT2D eigenvalue weighted by Crippen LogP contribution is -2.73. The number of imidazole rings is 1. The van der Waals surface area contributed by atoms with Crippen LogP contribution < -0.4 is 20.1 Å². The van der Waals surface area contributed by atoms with Gasteiger partial charge in [0, 0.05) is 24.6 Å². The number of H-pyrrole nitrogens is 1. The maximum absolute atomic E-state index is 13.9. The lowest BCUT2D eigenvalue weighted by Gasteiger charge is -2.52. The van der Waals surface area contributed by atoms with Gasteiger partial charge in [-0.25, -0.2) is 4.98 Å². The van der Waals surface area contributed by atoms with E-state index in [0.717, 1.165) is 11.0 Å². The van der Waals surface area contributed by atoms with Crippen LogP contribution in [0.2, 0.25) is 0 Å². The number of nitrogens with zero attached hydrogens (tertiary/aromatic N) is 3. The number of carbonyl (C=O) groups is 2. The molecule has 0 aliphatic carbocycles. The maximum Gasteiger partial charge on any atom is 0.222 e. The molecule has 3 aromatic rings. The zero-order valence-corrected chi connectivity index (χ0v) is 18.7. The molecule has 33 heavy (non-hydrogen) atoms. The molecular formula is C24H25N5O4. The Bertz CT molecular complexity index is 1250. The van der Waals surface area contributed by atoms with Crippen molar-refractivity contribution in [3.05, 3.63) is 54.1 Å². The predicted octanol–water partition coefficient (Wildman–Crippen LogP) is 2.29. The first-order valence-electron chi connectivity index (χ1n) is 10.7. The van der Waals surface area contributed by atoms with E-state index in [9.17, 15) is 9.59 Å². The molecule has 1 aromatic heterocycles.